The van der Waals surface area contributed by atoms with Gasteiger partial charge in [0.25, 0.3) is 0 Å². The molecule has 0 unspecified atom stereocenters. The van der Waals surface area contributed by atoms with Gasteiger partial charge in [-0.15, -0.1) is 0 Å². The fourth-order valence-electron chi connectivity index (χ4n) is 1.91. The van der Waals surface area contributed by atoms with Crippen molar-refractivity contribution in [3.8, 4) is 5.75 Å². The minimum absolute atomic E-state index is 0.395. The molecular formula is C16H20N2O. The number of ether oxygens (including phenoxy) is 1. The normalized spacial score (nSPS) is 10.5. The second-order valence-corrected chi connectivity index (χ2v) is 4.56. The van der Waals surface area contributed by atoms with Crippen molar-refractivity contribution in [1.82, 2.24) is 4.98 Å². The monoisotopic (exact) mass is 256 g/mol. The molecular weight excluding hydrogens is 236 g/mol. The van der Waals surface area contributed by atoms with Gasteiger partial charge in [0, 0.05) is 12.2 Å². The van der Waals surface area contributed by atoms with Gasteiger partial charge in [0.1, 0.15) is 12.4 Å². The van der Waals surface area contributed by atoms with Crippen molar-refractivity contribution < 1.29 is 4.74 Å². The van der Waals surface area contributed by atoms with Crippen LogP contribution in [-0.2, 0) is 19.6 Å². The molecule has 1 aromatic carbocycles. The number of hydrogen-bond acceptors (Lipinski definition) is 3. The number of aromatic nitrogens is 1. The predicted molar refractivity (Wildman–Crippen MR) is 77.0 cm³/mol. The van der Waals surface area contributed by atoms with Crippen molar-refractivity contribution in [2.45, 2.75) is 33.4 Å². The van der Waals surface area contributed by atoms with Crippen LogP contribution in [-0.4, -0.2) is 4.98 Å². The Labute approximate surface area is 114 Å². The smallest absolute Gasteiger partial charge is 0.142 e. The predicted octanol–water partition coefficient (Wildman–Crippen LogP) is 2.99. The molecule has 0 spiro atoms. The molecule has 19 heavy (non-hydrogen) atoms. The lowest BCUT2D eigenvalue weighted by molar-refractivity contribution is 0.301. The lowest BCUT2D eigenvalue weighted by Crippen LogP contribution is -2.05. The first-order valence-corrected chi connectivity index (χ1v) is 6.60. The average Bonchev–Trinajstić information content (AvgIpc) is 2.46. The van der Waals surface area contributed by atoms with Gasteiger partial charge in [-0.1, -0.05) is 31.2 Å². The molecule has 3 heteroatoms. The van der Waals surface area contributed by atoms with Gasteiger partial charge in [0.15, 0.2) is 0 Å². The van der Waals surface area contributed by atoms with Gasteiger partial charge in [0.05, 0.1) is 5.69 Å². The number of pyridine rings is 1. The third-order valence-electron chi connectivity index (χ3n) is 3.09. The second-order valence-electron chi connectivity index (χ2n) is 4.56. The number of nitrogens with zero attached hydrogens (tertiary/aromatic N) is 1. The molecule has 3 nitrogen and oxygen atoms in total. The van der Waals surface area contributed by atoms with Crippen molar-refractivity contribution in [3.63, 3.8) is 0 Å². The van der Waals surface area contributed by atoms with E-state index >= 15 is 0 Å². The molecule has 1 heterocycles. The van der Waals surface area contributed by atoms with E-state index in [0.717, 1.165) is 29.1 Å². The van der Waals surface area contributed by atoms with Gasteiger partial charge < -0.3 is 10.5 Å². The van der Waals surface area contributed by atoms with Crippen LogP contribution in [0.25, 0.3) is 0 Å². The van der Waals surface area contributed by atoms with Crippen LogP contribution in [0.5, 0.6) is 5.75 Å². The second kappa shape index (κ2) is 6.34. The van der Waals surface area contributed by atoms with E-state index in [1.165, 1.54) is 5.56 Å². The third kappa shape index (κ3) is 3.55. The van der Waals surface area contributed by atoms with Gasteiger partial charge in [-0.3, -0.25) is 4.98 Å². The Bertz CT molecular complexity index is 535. The van der Waals surface area contributed by atoms with Crippen LogP contribution in [0.1, 0.15) is 29.4 Å². The summed E-state index contributed by atoms with van der Waals surface area (Å²) in [5, 5.41) is 0. The zero-order chi connectivity index (χ0) is 13.7. The summed E-state index contributed by atoms with van der Waals surface area (Å²) < 4.78 is 5.80. The quantitative estimate of drug-likeness (QED) is 0.894. The molecule has 0 bridgehead atoms. The summed E-state index contributed by atoms with van der Waals surface area (Å²) in [7, 11) is 0. The largest absolute Gasteiger partial charge is 0.487 e. The number of hydrogen-bond donors (Lipinski definition) is 1. The molecule has 0 saturated heterocycles. The minimum atomic E-state index is 0.395. The Morgan fingerprint density at radius 3 is 2.37 bits per heavy atom. The Balaban J connectivity index is 2.05. The summed E-state index contributed by atoms with van der Waals surface area (Å²) in [5.74, 6) is 0.771. The fraction of sp³-hybridized carbons (Fsp3) is 0.312. The van der Waals surface area contributed by atoms with Gasteiger partial charge >= 0.3 is 0 Å². The van der Waals surface area contributed by atoms with E-state index in [1.54, 1.807) is 0 Å². The Hall–Kier alpha value is -1.87. The highest BCUT2D eigenvalue weighted by molar-refractivity contribution is 5.30. The molecule has 2 rings (SSSR count). The number of rotatable bonds is 5. The number of nitrogens with two attached hydrogens (primary N) is 1. The summed E-state index contributed by atoms with van der Waals surface area (Å²) in [6, 6.07) is 12.3. The van der Waals surface area contributed by atoms with Gasteiger partial charge in [-0.2, -0.15) is 0 Å². The first-order chi connectivity index (χ1) is 9.22. The zero-order valence-electron chi connectivity index (χ0n) is 11.5. The van der Waals surface area contributed by atoms with E-state index in [4.69, 9.17) is 10.5 Å². The van der Waals surface area contributed by atoms with Crippen LogP contribution in [0.4, 0.5) is 0 Å². The van der Waals surface area contributed by atoms with Crippen LogP contribution in [0.15, 0.2) is 36.4 Å². The van der Waals surface area contributed by atoms with E-state index in [1.807, 2.05) is 19.1 Å². The maximum absolute atomic E-state index is 5.80. The van der Waals surface area contributed by atoms with E-state index in [0.29, 0.717) is 13.2 Å². The molecule has 0 fully saturated rings. The number of aryl methyl sites for hydroxylation is 2. The average molecular weight is 256 g/mol. The van der Waals surface area contributed by atoms with Gasteiger partial charge in [0.2, 0.25) is 0 Å². The van der Waals surface area contributed by atoms with E-state index in [9.17, 15) is 0 Å². The highest BCUT2D eigenvalue weighted by atomic mass is 16.5. The minimum Gasteiger partial charge on any atom is -0.487 e. The first kappa shape index (κ1) is 13.6. The van der Waals surface area contributed by atoms with Crippen molar-refractivity contribution >= 4 is 0 Å². The standard InChI is InChI=1S/C16H20N2O/c1-3-13-5-7-14(8-6-13)11-19-16-9-4-12(2)18-15(16)10-17/h4-9H,3,10-11,17H2,1-2H3. The topological polar surface area (TPSA) is 48.1 Å². The summed E-state index contributed by atoms with van der Waals surface area (Å²) in [4.78, 5) is 4.38. The molecule has 0 aliphatic carbocycles. The molecule has 0 amide bonds. The van der Waals surface area contributed by atoms with Crippen molar-refractivity contribution in [1.29, 1.82) is 0 Å². The van der Waals surface area contributed by atoms with Crippen molar-refractivity contribution in [2.24, 2.45) is 5.73 Å². The maximum atomic E-state index is 5.80. The summed E-state index contributed by atoms with van der Waals surface area (Å²) in [6.45, 7) is 5.04. The van der Waals surface area contributed by atoms with E-state index in [2.05, 4.69) is 36.2 Å². The Kier molecular flexibility index (Phi) is 4.53. The molecule has 1 aromatic heterocycles. The summed E-state index contributed by atoms with van der Waals surface area (Å²) >= 11 is 0. The highest BCUT2D eigenvalue weighted by Gasteiger charge is 2.04. The van der Waals surface area contributed by atoms with Crippen LogP contribution >= 0.6 is 0 Å². The Morgan fingerprint density at radius 2 is 1.74 bits per heavy atom. The molecule has 0 aliphatic heterocycles. The summed E-state index contributed by atoms with van der Waals surface area (Å²) in [6.07, 6.45) is 1.06. The third-order valence-corrected chi connectivity index (χ3v) is 3.09. The van der Waals surface area contributed by atoms with Crippen LogP contribution in [0.3, 0.4) is 0 Å². The van der Waals surface area contributed by atoms with Crippen molar-refractivity contribution in [3.05, 3.63) is 58.9 Å². The van der Waals surface area contributed by atoms with Gasteiger partial charge in [-0.25, -0.2) is 0 Å². The zero-order valence-corrected chi connectivity index (χ0v) is 11.5. The molecule has 100 valence electrons. The molecule has 0 radical (unpaired) electrons. The molecule has 0 saturated carbocycles. The molecule has 2 aromatic rings. The van der Waals surface area contributed by atoms with Crippen LogP contribution < -0.4 is 10.5 Å². The van der Waals surface area contributed by atoms with Crippen LogP contribution in [0.2, 0.25) is 0 Å². The van der Waals surface area contributed by atoms with Crippen LogP contribution in [0, 0.1) is 6.92 Å². The summed E-state index contributed by atoms with van der Waals surface area (Å²) in [5.41, 5.74) is 9.94. The molecule has 0 aliphatic rings. The van der Waals surface area contributed by atoms with E-state index < -0.39 is 0 Å². The lowest BCUT2D eigenvalue weighted by atomic mass is 10.1. The SMILES string of the molecule is CCc1ccc(COc2ccc(C)nc2CN)cc1. The highest BCUT2D eigenvalue weighted by Crippen LogP contribution is 2.18. The van der Waals surface area contributed by atoms with Gasteiger partial charge in [-0.05, 0) is 36.6 Å². The maximum Gasteiger partial charge on any atom is 0.142 e. The fourth-order valence-corrected chi connectivity index (χ4v) is 1.91. The first-order valence-electron chi connectivity index (χ1n) is 6.60. The molecule has 2 N–H and O–H groups in total. The Morgan fingerprint density at radius 1 is 1.05 bits per heavy atom. The lowest BCUT2D eigenvalue weighted by Gasteiger charge is -2.10. The number of benzene rings is 1. The molecule has 0 atom stereocenters. The van der Waals surface area contributed by atoms with Crippen molar-refractivity contribution in [2.75, 3.05) is 0 Å². The van der Waals surface area contributed by atoms with E-state index in [-0.39, 0.29) is 0 Å².